The molecular formula is C10H11ClN2O2. The normalized spacial score (nSPS) is 10.8. The monoisotopic (exact) mass is 226 g/mol. The highest BCUT2D eigenvalue weighted by Crippen LogP contribution is 2.21. The standard InChI is InChI=1S/C10H11ClN2O2/c1-2-7-3-4-8(14-7)10-13-12-9(15-10)5-6-11/h3-4H,2,5-6H2,1H3. The molecule has 0 N–H and O–H groups in total. The lowest BCUT2D eigenvalue weighted by Gasteiger charge is -1.88. The highest BCUT2D eigenvalue weighted by atomic mass is 35.5. The van der Waals surface area contributed by atoms with Crippen molar-refractivity contribution >= 4 is 11.6 Å². The summed E-state index contributed by atoms with van der Waals surface area (Å²) >= 11 is 5.57. The lowest BCUT2D eigenvalue weighted by atomic mass is 10.3. The van der Waals surface area contributed by atoms with E-state index in [1.54, 1.807) is 0 Å². The van der Waals surface area contributed by atoms with Gasteiger partial charge in [0.15, 0.2) is 5.76 Å². The Hall–Kier alpha value is -1.29. The van der Waals surface area contributed by atoms with E-state index >= 15 is 0 Å². The van der Waals surface area contributed by atoms with Gasteiger partial charge in [-0.25, -0.2) is 0 Å². The average molecular weight is 227 g/mol. The number of rotatable bonds is 4. The molecule has 0 amide bonds. The molecule has 0 bridgehead atoms. The van der Waals surface area contributed by atoms with E-state index in [2.05, 4.69) is 10.2 Å². The minimum Gasteiger partial charge on any atom is -0.456 e. The first kappa shape index (κ1) is 10.2. The maximum Gasteiger partial charge on any atom is 0.283 e. The average Bonchev–Trinajstić information content (AvgIpc) is 2.85. The Morgan fingerprint density at radius 3 is 2.80 bits per heavy atom. The number of hydrogen-bond acceptors (Lipinski definition) is 4. The minimum atomic E-state index is 0.412. The van der Waals surface area contributed by atoms with E-state index in [1.807, 2.05) is 19.1 Å². The van der Waals surface area contributed by atoms with Crippen LogP contribution in [0.5, 0.6) is 0 Å². The highest BCUT2D eigenvalue weighted by molar-refractivity contribution is 6.17. The quantitative estimate of drug-likeness (QED) is 0.753. The Kier molecular flexibility index (Phi) is 3.06. The summed E-state index contributed by atoms with van der Waals surface area (Å²) in [7, 11) is 0. The van der Waals surface area contributed by atoms with Crippen LogP contribution in [-0.2, 0) is 12.8 Å². The van der Waals surface area contributed by atoms with Gasteiger partial charge in [0.2, 0.25) is 5.89 Å². The number of aromatic nitrogens is 2. The molecule has 0 fully saturated rings. The molecule has 0 aromatic carbocycles. The molecule has 0 spiro atoms. The van der Waals surface area contributed by atoms with E-state index in [0.29, 0.717) is 29.8 Å². The maximum atomic E-state index is 5.57. The molecule has 2 aromatic rings. The van der Waals surface area contributed by atoms with Gasteiger partial charge in [-0.1, -0.05) is 6.92 Å². The summed E-state index contributed by atoms with van der Waals surface area (Å²) in [6, 6.07) is 3.73. The third-order valence-corrected chi connectivity index (χ3v) is 2.19. The van der Waals surface area contributed by atoms with Crippen molar-refractivity contribution in [3.05, 3.63) is 23.8 Å². The summed E-state index contributed by atoms with van der Waals surface area (Å²) < 4.78 is 10.8. The summed E-state index contributed by atoms with van der Waals surface area (Å²) in [4.78, 5) is 0. The smallest absolute Gasteiger partial charge is 0.283 e. The first-order valence-electron chi connectivity index (χ1n) is 4.81. The van der Waals surface area contributed by atoms with Crippen molar-refractivity contribution in [2.24, 2.45) is 0 Å². The second-order valence-corrected chi connectivity index (χ2v) is 3.44. The van der Waals surface area contributed by atoms with Crippen molar-refractivity contribution < 1.29 is 8.83 Å². The van der Waals surface area contributed by atoms with Crippen LogP contribution in [0.4, 0.5) is 0 Å². The zero-order chi connectivity index (χ0) is 10.7. The van der Waals surface area contributed by atoms with Crippen molar-refractivity contribution in [1.82, 2.24) is 10.2 Å². The van der Waals surface area contributed by atoms with Gasteiger partial charge >= 0.3 is 0 Å². The topological polar surface area (TPSA) is 52.1 Å². The molecule has 2 aromatic heterocycles. The first-order chi connectivity index (χ1) is 7.33. The molecule has 0 saturated heterocycles. The lowest BCUT2D eigenvalue weighted by molar-refractivity contribution is 0.471. The molecule has 0 atom stereocenters. The Balaban J connectivity index is 2.21. The summed E-state index contributed by atoms with van der Waals surface area (Å²) in [5.74, 6) is 2.94. The van der Waals surface area contributed by atoms with Crippen LogP contribution in [0.25, 0.3) is 11.7 Å². The Labute approximate surface area is 92.2 Å². The van der Waals surface area contributed by atoms with Gasteiger partial charge in [-0.05, 0) is 12.1 Å². The zero-order valence-electron chi connectivity index (χ0n) is 8.36. The van der Waals surface area contributed by atoms with Crippen molar-refractivity contribution in [1.29, 1.82) is 0 Å². The molecule has 2 heterocycles. The van der Waals surface area contributed by atoms with Crippen LogP contribution in [0, 0.1) is 0 Å². The third kappa shape index (κ3) is 2.21. The number of halogens is 1. The van der Waals surface area contributed by atoms with E-state index in [1.165, 1.54) is 0 Å². The largest absolute Gasteiger partial charge is 0.456 e. The fraction of sp³-hybridized carbons (Fsp3) is 0.400. The van der Waals surface area contributed by atoms with Crippen LogP contribution in [0.15, 0.2) is 21.0 Å². The van der Waals surface area contributed by atoms with Crippen LogP contribution >= 0.6 is 11.6 Å². The number of aryl methyl sites for hydroxylation is 2. The fourth-order valence-electron chi connectivity index (χ4n) is 1.22. The SMILES string of the molecule is CCc1ccc(-c2nnc(CCCl)o2)o1. The first-order valence-corrected chi connectivity index (χ1v) is 5.34. The number of furan rings is 1. The number of alkyl halides is 1. The van der Waals surface area contributed by atoms with Gasteiger partial charge in [0, 0.05) is 18.7 Å². The van der Waals surface area contributed by atoms with Crippen LogP contribution in [-0.4, -0.2) is 16.1 Å². The molecule has 0 aliphatic carbocycles. The van der Waals surface area contributed by atoms with Gasteiger partial charge in [-0.2, -0.15) is 0 Å². The Morgan fingerprint density at radius 2 is 2.13 bits per heavy atom. The van der Waals surface area contributed by atoms with Gasteiger partial charge in [0.1, 0.15) is 5.76 Å². The predicted molar refractivity (Wildman–Crippen MR) is 55.8 cm³/mol. The maximum absolute atomic E-state index is 5.57. The molecule has 80 valence electrons. The van der Waals surface area contributed by atoms with Gasteiger partial charge in [0.25, 0.3) is 5.89 Å². The second-order valence-electron chi connectivity index (χ2n) is 3.06. The highest BCUT2D eigenvalue weighted by Gasteiger charge is 2.11. The lowest BCUT2D eigenvalue weighted by Crippen LogP contribution is -1.84. The molecule has 4 nitrogen and oxygen atoms in total. The van der Waals surface area contributed by atoms with E-state index in [-0.39, 0.29) is 0 Å². The van der Waals surface area contributed by atoms with E-state index in [9.17, 15) is 0 Å². The second kappa shape index (κ2) is 4.49. The Morgan fingerprint density at radius 1 is 1.27 bits per heavy atom. The van der Waals surface area contributed by atoms with E-state index < -0.39 is 0 Å². The zero-order valence-corrected chi connectivity index (χ0v) is 9.12. The summed E-state index contributed by atoms with van der Waals surface area (Å²) in [5.41, 5.74) is 0. The molecule has 0 saturated carbocycles. The molecule has 5 heteroatoms. The van der Waals surface area contributed by atoms with Gasteiger partial charge in [-0.3, -0.25) is 0 Å². The van der Waals surface area contributed by atoms with Crippen LogP contribution in [0.1, 0.15) is 18.6 Å². The van der Waals surface area contributed by atoms with Crippen molar-refractivity contribution in [3.63, 3.8) is 0 Å². The minimum absolute atomic E-state index is 0.412. The van der Waals surface area contributed by atoms with Crippen LogP contribution in [0.3, 0.4) is 0 Å². The number of hydrogen-bond donors (Lipinski definition) is 0. The van der Waals surface area contributed by atoms with Crippen molar-refractivity contribution in [2.75, 3.05) is 5.88 Å². The fourth-order valence-corrected chi connectivity index (χ4v) is 1.38. The number of nitrogens with zero attached hydrogens (tertiary/aromatic N) is 2. The summed E-state index contributed by atoms with van der Waals surface area (Å²) in [6.45, 7) is 2.02. The molecule has 0 aliphatic heterocycles. The van der Waals surface area contributed by atoms with Crippen molar-refractivity contribution in [2.45, 2.75) is 19.8 Å². The van der Waals surface area contributed by atoms with Gasteiger partial charge in [-0.15, -0.1) is 21.8 Å². The molecule has 0 unspecified atom stereocenters. The van der Waals surface area contributed by atoms with E-state index in [4.69, 9.17) is 20.4 Å². The van der Waals surface area contributed by atoms with Gasteiger partial charge in [0.05, 0.1) is 0 Å². The van der Waals surface area contributed by atoms with Gasteiger partial charge < -0.3 is 8.83 Å². The molecule has 0 aliphatic rings. The van der Waals surface area contributed by atoms with E-state index in [0.717, 1.165) is 12.2 Å². The molecule has 0 radical (unpaired) electrons. The van der Waals surface area contributed by atoms with Crippen molar-refractivity contribution in [3.8, 4) is 11.7 Å². The summed E-state index contributed by atoms with van der Waals surface area (Å²) in [6.07, 6.45) is 1.43. The molecular weight excluding hydrogens is 216 g/mol. The molecule has 15 heavy (non-hydrogen) atoms. The third-order valence-electron chi connectivity index (χ3n) is 2.00. The van der Waals surface area contributed by atoms with Crippen LogP contribution in [0.2, 0.25) is 0 Å². The van der Waals surface area contributed by atoms with Crippen LogP contribution < -0.4 is 0 Å². The summed E-state index contributed by atoms with van der Waals surface area (Å²) in [5, 5.41) is 7.74. The Bertz CT molecular complexity index is 436. The molecule has 2 rings (SSSR count). The predicted octanol–water partition coefficient (Wildman–Crippen LogP) is 2.67.